The van der Waals surface area contributed by atoms with Crippen molar-refractivity contribution in [1.29, 1.82) is 0 Å². The van der Waals surface area contributed by atoms with E-state index in [1.165, 1.54) is 12.1 Å². The third-order valence-electron chi connectivity index (χ3n) is 5.26. The average molecular weight is 439 g/mol. The van der Waals surface area contributed by atoms with Gasteiger partial charge in [-0.05, 0) is 38.8 Å². The number of fused-ring (bicyclic) bond motifs is 1. The molecule has 1 aliphatic heterocycles. The predicted octanol–water partition coefficient (Wildman–Crippen LogP) is 3.83. The van der Waals surface area contributed by atoms with Crippen LogP contribution in [0.1, 0.15) is 51.3 Å². The normalized spacial score (nSPS) is 18.4. The maximum atomic E-state index is 13.7. The molecule has 2 atom stereocenters. The number of carbonyl (C=O) groups is 2. The number of benzene rings is 2. The maximum Gasteiger partial charge on any atom is 0.269 e. The second-order valence-corrected chi connectivity index (χ2v) is 9.09. The molecule has 2 amide bonds. The van der Waals surface area contributed by atoms with Crippen LogP contribution in [0.2, 0.25) is 0 Å². The van der Waals surface area contributed by atoms with Gasteiger partial charge in [0.15, 0.2) is 0 Å². The van der Waals surface area contributed by atoms with E-state index in [0.717, 1.165) is 5.56 Å². The van der Waals surface area contributed by atoms with E-state index in [4.69, 9.17) is 0 Å². The largest absolute Gasteiger partial charge is 0.373 e. The van der Waals surface area contributed by atoms with Crippen LogP contribution in [0.3, 0.4) is 0 Å². The van der Waals surface area contributed by atoms with E-state index in [9.17, 15) is 19.7 Å². The number of nitrogens with one attached hydrogen (secondary N) is 2. The van der Waals surface area contributed by atoms with Crippen LogP contribution in [0.25, 0.3) is 0 Å². The standard InChI is InChI=1S/C24H30N4O4/c1-5-13-27-21(22(29)26-24(2,3)4)18-15-17(28(31)32)11-12-19(18)25-20(23(27)30)14-16-9-7-6-8-10-16/h6-12,15,20-21,25H,5,13-14H2,1-4H3,(H,26,29)/t20-,21?/m0/s1. The molecule has 8 nitrogen and oxygen atoms in total. The Kier molecular flexibility index (Phi) is 6.81. The van der Waals surface area contributed by atoms with Crippen LogP contribution in [0.5, 0.6) is 0 Å². The molecule has 2 N–H and O–H groups in total. The minimum absolute atomic E-state index is 0.121. The summed E-state index contributed by atoms with van der Waals surface area (Å²) in [5, 5.41) is 17.7. The number of hydrogen-bond donors (Lipinski definition) is 2. The van der Waals surface area contributed by atoms with Gasteiger partial charge in [-0.15, -0.1) is 0 Å². The fourth-order valence-corrected chi connectivity index (χ4v) is 3.96. The molecule has 1 heterocycles. The summed E-state index contributed by atoms with van der Waals surface area (Å²) in [5.74, 6) is -0.563. The Morgan fingerprint density at radius 3 is 2.47 bits per heavy atom. The summed E-state index contributed by atoms with van der Waals surface area (Å²) < 4.78 is 0. The highest BCUT2D eigenvalue weighted by molar-refractivity contribution is 5.95. The van der Waals surface area contributed by atoms with E-state index < -0.39 is 22.5 Å². The van der Waals surface area contributed by atoms with Gasteiger partial charge in [-0.2, -0.15) is 0 Å². The summed E-state index contributed by atoms with van der Waals surface area (Å²) in [6, 6.07) is 12.5. The Labute approximate surface area is 188 Å². The highest BCUT2D eigenvalue weighted by atomic mass is 16.6. The van der Waals surface area contributed by atoms with Crippen molar-refractivity contribution in [2.75, 3.05) is 11.9 Å². The lowest BCUT2D eigenvalue weighted by molar-refractivity contribution is -0.384. The number of nitro groups is 1. The Balaban J connectivity index is 2.12. The molecule has 1 unspecified atom stereocenters. The zero-order valence-corrected chi connectivity index (χ0v) is 18.9. The molecule has 0 fully saturated rings. The van der Waals surface area contributed by atoms with Crippen molar-refractivity contribution < 1.29 is 14.5 Å². The molecule has 8 heteroatoms. The molecule has 170 valence electrons. The third kappa shape index (κ3) is 5.25. The van der Waals surface area contributed by atoms with Gasteiger partial charge in [-0.25, -0.2) is 0 Å². The van der Waals surface area contributed by atoms with Crippen LogP contribution < -0.4 is 10.6 Å². The van der Waals surface area contributed by atoms with Crippen LogP contribution in [0, 0.1) is 10.1 Å². The van der Waals surface area contributed by atoms with Crippen LogP contribution in [-0.2, 0) is 16.0 Å². The van der Waals surface area contributed by atoms with Crippen molar-refractivity contribution in [2.45, 2.75) is 58.2 Å². The van der Waals surface area contributed by atoms with E-state index in [0.29, 0.717) is 30.6 Å². The molecule has 0 spiro atoms. The van der Waals surface area contributed by atoms with Crippen molar-refractivity contribution in [1.82, 2.24) is 10.2 Å². The number of non-ortho nitro benzene ring substituents is 1. The fourth-order valence-electron chi connectivity index (χ4n) is 3.96. The molecule has 1 aliphatic rings. The first kappa shape index (κ1) is 23.2. The molecule has 2 aromatic carbocycles. The summed E-state index contributed by atoms with van der Waals surface area (Å²) in [5.41, 5.74) is 1.32. The lowest BCUT2D eigenvalue weighted by Gasteiger charge is -2.33. The molecule has 0 saturated heterocycles. The quantitative estimate of drug-likeness (QED) is 0.527. The Hall–Kier alpha value is -3.42. The first-order chi connectivity index (χ1) is 15.1. The smallest absolute Gasteiger partial charge is 0.269 e. The van der Waals surface area contributed by atoms with Gasteiger partial charge >= 0.3 is 0 Å². The second kappa shape index (κ2) is 9.38. The summed E-state index contributed by atoms with van der Waals surface area (Å²) in [4.78, 5) is 39.6. The van der Waals surface area contributed by atoms with E-state index in [-0.39, 0.29) is 17.5 Å². The molecule has 32 heavy (non-hydrogen) atoms. The topological polar surface area (TPSA) is 105 Å². The second-order valence-electron chi connectivity index (χ2n) is 9.09. The molecule has 0 saturated carbocycles. The van der Waals surface area contributed by atoms with E-state index in [2.05, 4.69) is 10.6 Å². The minimum atomic E-state index is -0.968. The van der Waals surface area contributed by atoms with Crippen molar-refractivity contribution >= 4 is 23.2 Å². The molecular weight excluding hydrogens is 408 g/mol. The average Bonchev–Trinajstić information content (AvgIpc) is 2.82. The van der Waals surface area contributed by atoms with Gasteiger partial charge < -0.3 is 15.5 Å². The first-order valence-electron chi connectivity index (χ1n) is 10.8. The van der Waals surface area contributed by atoms with Gasteiger partial charge in [-0.3, -0.25) is 19.7 Å². The molecule has 0 aliphatic carbocycles. The summed E-state index contributed by atoms with van der Waals surface area (Å²) in [6.45, 7) is 7.87. The number of carbonyl (C=O) groups excluding carboxylic acids is 2. The zero-order chi connectivity index (χ0) is 23.5. The van der Waals surface area contributed by atoms with E-state index >= 15 is 0 Å². The zero-order valence-electron chi connectivity index (χ0n) is 18.9. The first-order valence-corrected chi connectivity index (χ1v) is 10.8. The van der Waals surface area contributed by atoms with E-state index in [1.54, 1.807) is 11.0 Å². The number of amides is 2. The Morgan fingerprint density at radius 1 is 1.19 bits per heavy atom. The SMILES string of the molecule is CCCN1C(=O)[C@H](Cc2ccccc2)Nc2ccc([N+](=O)[O-])cc2C1C(=O)NC(C)(C)C. The molecule has 0 radical (unpaired) electrons. The number of rotatable bonds is 6. The number of nitro benzene ring substituents is 1. The predicted molar refractivity (Wildman–Crippen MR) is 123 cm³/mol. The Bertz CT molecular complexity index is 1000. The maximum absolute atomic E-state index is 13.7. The van der Waals surface area contributed by atoms with Crippen molar-refractivity contribution in [3.8, 4) is 0 Å². The lowest BCUT2D eigenvalue weighted by Crippen LogP contribution is -2.51. The van der Waals surface area contributed by atoms with Gasteiger partial charge in [0, 0.05) is 41.9 Å². The van der Waals surface area contributed by atoms with Gasteiger partial charge in [0.05, 0.1) is 4.92 Å². The number of anilines is 1. The molecule has 2 aromatic rings. The highest BCUT2D eigenvalue weighted by Gasteiger charge is 2.40. The number of nitrogens with zero attached hydrogens (tertiary/aromatic N) is 2. The van der Waals surface area contributed by atoms with Crippen LogP contribution >= 0.6 is 0 Å². The van der Waals surface area contributed by atoms with Gasteiger partial charge in [0.25, 0.3) is 5.69 Å². The Morgan fingerprint density at radius 2 is 1.88 bits per heavy atom. The van der Waals surface area contributed by atoms with E-state index in [1.807, 2.05) is 58.0 Å². The van der Waals surface area contributed by atoms with Crippen LogP contribution in [0.15, 0.2) is 48.5 Å². The third-order valence-corrected chi connectivity index (χ3v) is 5.26. The summed E-state index contributed by atoms with van der Waals surface area (Å²) in [6.07, 6.45) is 1.08. The summed E-state index contributed by atoms with van der Waals surface area (Å²) in [7, 11) is 0. The molecule has 0 aromatic heterocycles. The monoisotopic (exact) mass is 438 g/mol. The molecule has 3 rings (SSSR count). The summed E-state index contributed by atoms with van der Waals surface area (Å²) >= 11 is 0. The minimum Gasteiger partial charge on any atom is -0.373 e. The number of hydrogen-bond acceptors (Lipinski definition) is 5. The van der Waals surface area contributed by atoms with Crippen LogP contribution in [-0.4, -0.2) is 39.8 Å². The van der Waals surface area contributed by atoms with Gasteiger partial charge in [-0.1, -0.05) is 37.3 Å². The van der Waals surface area contributed by atoms with Crippen LogP contribution in [0.4, 0.5) is 11.4 Å². The lowest BCUT2D eigenvalue weighted by atomic mass is 9.99. The van der Waals surface area contributed by atoms with Crippen molar-refractivity contribution in [3.05, 3.63) is 69.8 Å². The molecule has 0 bridgehead atoms. The van der Waals surface area contributed by atoms with Gasteiger partial charge in [0.1, 0.15) is 12.1 Å². The molecular formula is C24H30N4O4. The van der Waals surface area contributed by atoms with Crippen molar-refractivity contribution in [2.24, 2.45) is 0 Å². The fraction of sp³-hybridized carbons (Fsp3) is 0.417. The highest BCUT2D eigenvalue weighted by Crippen LogP contribution is 2.36. The van der Waals surface area contributed by atoms with Gasteiger partial charge in [0.2, 0.25) is 11.8 Å². The van der Waals surface area contributed by atoms with Crippen molar-refractivity contribution in [3.63, 3.8) is 0 Å².